The molecule has 0 unspecified atom stereocenters. The first-order valence-electron chi connectivity index (χ1n) is 8.60. The van der Waals surface area contributed by atoms with Crippen LogP contribution in [0.25, 0.3) is 0 Å². The summed E-state index contributed by atoms with van der Waals surface area (Å²) in [4.78, 5) is 36.0. The maximum Gasteiger partial charge on any atom is 0.321 e. The molecule has 1 aromatic heterocycles. The second-order valence-electron chi connectivity index (χ2n) is 6.04. The fourth-order valence-electron chi connectivity index (χ4n) is 2.76. The normalized spacial score (nSPS) is 12.3. The molecule has 0 atom stereocenters. The Morgan fingerprint density at radius 3 is 2.81 bits per heavy atom. The average molecular weight is 388 g/mol. The summed E-state index contributed by atoms with van der Waals surface area (Å²) in [6, 6.07) is 8.92. The average Bonchev–Trinajstić information content (AvgIpc) is 3.34. The van der Waals surface area contributed by atoms with Crippen molar-refractivity contribution >= 4 is 29.7 Å². The van der Waals surface area contributed by atoms with Crippen molar-refractivity contribution in [3.63, 3.8) is 0 Å². The van der Waals surface area contributed by atoms with Crippen molar-refractivity contribution in [3.8, 4) is 0 Å². The second kappa shape index (κ2) is 9.27. The third-order valence-electron chi connectivity index (χ3n) is 4.05. The summed E-state index contributed by atoms with van der Waals surface area (Å²) in [6.07, 6.45) is 4.86. The zero-order chi connectivity index (χ0) is 19.1. The van der Waals surface area contributed by atoms with Crippen LogP contribution in [0.2, 0.25) is 0 Å². The number of fused-ring (bicyclic) bond motifs is 1. The number of carbonyl (C=O) groups excluding carboxylic acids is 3. The Morgan fingerprint density at radius 1 is 1.15 bits per heavy atom. The van der Waals surface area contributed by atoms with Crippen LogP contribution >= 0.6 is 11.8 Å². The van der Waals surface area contributed by atoms with E-state index in [2.05, 4.69) is 22.8 Å². The van der Waals surface area contributed by atoms with Gasteiger partial charge in [-0.25, -0.2) is 4.79 Å². The molecule has 0 saturated heterocycles. The summed E-state index contributed by atoms with van der Waals surface area (Å²) in [5.41, 5.74) is 2.72. The van der Waals surface area contributed by atoms with Crippen LogP contribution in [0, 0.1) is 0 Å². The number of carbonyl (C=O) groups is 3. The lowest BCUT2D eigenvalue weighted by Gasteiger charge is -2.07. The standard InChI is InChI=1S/C19H20N2O5S/c22-17(21-19(24)20-10-15-5-2-8-25-15)11-26-18(23)12-27-16-7-6-13-3-1-4-14(13)9-16/h2,5-9H,1,3-4,10-12H2,(H2,20,21,22,24). The van der Waals surface area contributed by atoms with E-state index in [1.54, 1.807) is 12.1 Å². The van der Waals surface area contributed by atoms with Crippen LogP contribution in [0.3, 0.4) is 0 Å². The molecular weight excluding hydrogens is 368 g/mol. The van der Waals surface area contributed by atoms with E-state index in [9.17, 15) is 14.4 Å². The number of nitrogens with one attached hydrogen (secondary N) is 2. The van der Waals surface area contributed by atoms with E-state index < -0.39 is 24.5 Å². The molecule has 2 N–H and O–H groups in total. The Balaban J connectivity index is 1.32. The third-order valence-corrected chi connectivity index (χ3v) is 5.01. The van der Waals surface area contributed by atoms with Crippen molar-refractivity contribution in [1.29, 1.82) is 0 Å². The number of ether oxygens (including phenoxy) is 1. The fraction of sp³-hybridized carbons (Fsp3) is 0.316. The largest absolute Gasteiger partial charge is 0.467 e. The summed E-state index contributed by atoms with van der Waals surface area (Å²) in [7, 11) is 0. The van der Waals surface area contributed by atoms with Gasteiger partial charge in [-0.3, -0.25) is 14.9 Å². The van der Waals surface area contributed by atoms with Gasteiger partial charge in [0.1, 0.15) is 5.76 Å². The molecule has 0 aliphatic heterocycles. The smallest absolute Gasteiger partial charge is 0.321 e. The number of urea groups is 1. The van der Waals surface area contributed by atoms with Gasteiger partial charge in [0.05, 0.1) is 18.6 Å². The third kappa shape index (κ3) is 5.89. The highest BCUT2D eigenvalue weighted by molar-refractivity contribution is 8.00. The molecule has 27 heavy (non-hydrogen) atoms. The molecule has 0 radical (unpaired) electrons. The number of esters is 1. The van der Waals surface area contributed by atoms with Crippen LogP contribution in [0.4, 0.5) is 4.79 Å². The Hall–Kier alpha value is -2.74. The lowest BCUT2D eigenvalue weighted by molar-refractivity contribution is -0.145. The highest BCUT2D eigenvalue weighted by atomic mass is 32.2. The van der Waals surface area contributed by atoms with E-state index in [-0.39, 0.29) is 12.3 Å². The Morgan fingerprint density at radius 2 is 2.00 bits per heavy atom. The van der Waals surface area contributed by atoms with Crippen molar-refractivity contribution in [2.24, 2.45) is 0 Å². The minimum Gasteiger partial charge on any atom is -0.467 e. The molecular formula is C19H20N2O5S. The van der Waals surface area contributed by atoms with Gasteiger partial charge in [-0.05, 0) is 54.7 Å². The van der Waals surface area contributed by atoms with Gasteiger partial charge in [-0.2, -0.15) is 0 Å². The Bertz CT molecular complexity index is 820. The van der Waals surface area contributed by atoms with Crippen LogP contribution in [-0.2, 0) is 33.7 Å². The SMILES string of the molecule is O=C(COC(=O)CSc1ccc2c(c1)CCC2)NC(=O)NCc1ccco1. The highest BCUT2D eigenvalue weighted by Gasteiger charge is 2.13. The Kier molecular flexibility index (Phi) is 6.54. The van der Waals surface area contributed by atoms with E-state index in [0.717, 1.165) is 17.7 Å². The zero-order valence-corrected chi connectivity index (χ0v) is 15.5. The van der Waals surface area contributed by atoms with Crippen LogP contribution < -0.4 is 10.6 Å². The molecule has 142 valence electrons. The van der Waals surface area contributed by atoms with Gasteiger partial charge in [-0.15, -0.1) is 11.8 Å². The van der Waals surface area contributed by atoms with Gasteiger partial charge in [0, 0.05) is 4.90 Å². The van der Waals surface area contributed by atoms with Gasteiger partial charge in [0.2, 0.25) is 0 Å². The van der Waals surface area contributed by atoms with Crippen molar-refractivity contribution in [1.82, 2.24) is 10.6 Å². The summed E-state index contributed by atoms with van der Waals surface area (Å²) in [5.74, 6) is -0.529. The zero-order valence-electron chi connectivity index (χ0n) is 14.7. The number of imide groups is 1. The topological polar surface area (TPSA) is 97.6 Å². The van der Waals surface area contributed by atoms with Crippen LogP contribution in [0.5, 0.6) is 0 Å². The first kappa shape index (κ1) is 19.0. The van der Waals surface area contributed by atoms with Gasteiger partial charge >= 0.3 is 12.0 Å². The molecule has 0 bridgehead atoms. The molecule has 7 nitrogen and oxygen atoms in total. The van der Waals surface area contributed by atoms with Gasteiger partial charge in [0.25, 0.3) is 5.91 Å². The van der Waals surface area contributed by atoms with Crippen molar-refractivity contribution < 1.29 is 23.5 Å². The Labute approximate surface area is 160 Å². The van der Waals surface area contributed by atoms with E-state index in [1.807, 2.05) is 6.07 Å². The van der Waals surface area contributed by atoms with Gasteiger partial charge in [-0.1, -0.05) is 6.07 Å². The molecule has 1 heterocycles. The maximum absolute atomic E-state index is 11.8. The van der Waals surface area contributed by atoms with Crippen LogP contribution in [-0.4, -0.2) is 30.3 Å². The van der Waals surface area contributed by atoms with Crippen molar-refractivity contribution in [2.45, 2.75) is 30.7 Å². The molecule has 3 rings (SSSR count). The number of hydrogen-bond donors (Lipinski definition) is 2. The molecule has 1 aliphatic carbocycles. The summed E-state index contributed by atoms with van der Waals surface area (Å²) < 4.78 is 9.96. The number of benzene rings is 1. The summed E-state index contributed by atoms with van der Waals surface area (Å²) in [6.45, 7) is -0.346. The number of furan rings is 1. The van der Waals surface area contributed by atoms with E-state index in [4.69, 9.17) is 9.15 Å². The van der Waals surface area contributed by atoms with Crippen molar-refractivity contribution in [3.05, 3.63) is 53.5 Å². The maximum atomic E-state index is 11.8. The van der Waals surface area contributed by atoms with Gasteiger partial charge < -0.3 is 14.5 Å². The quantitative estimate of drug-likeness (QED) is 0.558. The molecule has 8 heteroatoms. The molecule has 3 amide bonds. The number of amides is 3. The fourth-order valence-corrected chi connectivity index (χ4v) is 3.51. The van der Waals surface area contributed by atoms with E-state index in [1.165, 1.54) is 35.6 Å². The highest BCUT2D eigenvalue weighted by Crippen LogP contribution is 2.27. The van der Waals surface area contributed by atoms with E-state index >= 15 is 0 Å². The second-order valence-corrected chi connectivity index (χ2v) is 7.09. The molecule has 1 aromatic carbocycles. The number of hydrogen-bond acceptors (Lipinski definition) is 6. The van der Waals surface area contributed by atoms with Gasteiger partial charge in [0.15, 0.2) is 6.61 Å². The number of aryl methyl sites for hydroxylation is 2. The lowest BCUT2D eigenvalue weighted by Crippen LogP contribution is -2.41. The van der Waals surface area contributed by atoms with Crippen molar-refractivity contribution in [2.75, 3.05) is 12.4 Å². The molecule has 0 spiro atoms. The predicted octanol–water partition coefficient (Wildman–Crippen LogP) is 2.43. The monoisotopic (exact) mass is 388 g/mol. The first-order chi connectivity index (χ1) is 13.1. The van der Waals surface area contributed by atoms with Crippen LogP contribution in [0.1, 0.15) is 23.3 Å². The molecule has 0 fully saturated rings. The summed E-state index contributed by atoms with van der Waals surface area (Å²) >= 11 is 1.37. The lowest BCUT2D eigenvalue weighted by atomic mass is 10.1. The predicted molar refractivity (Wildman–Crippen MR) is 99.2 cm³/mol. The summed E-state index contributed by atoms with van der Waals surface area (Å²) in [5, 5.41) is 4.55. The molecule has 1 aliphatic rings. The first-order valence-corrected chi connectivity index (χ1v) is 9.59. The molecule has 2 aromatic rings. The minimum absolute atomic E-state index is 0.108. The van der Waals surface area contributed by atoms with Crippen LogP contribution in [0.15, 0.2) is 45.9 Å². The van der Waals surface area contributed by atoms with E-state index in [0.29, 0.717) is 5.76 Å². The number of thioether (sulfide) groups is 1. The molecule has 0 saturated carbocycles. The minimum atomic E-state index is -0.692. The number of rotatable bonds is 7.